The van der Waals surface area contributed by atoms with Crippen LogP contribution in [0.4, 0.5) is 5.82 Å². The topological polar surface area (TPSA) is 75.3 Å². The van der Waals surface area contributed by atoms with Gasteiger partial charge >= 0.3 is 0 Å². The molecule has 0 aliphatic carbocycles. The second-order valence-corrected chi connectivity index (χ2v) is 7.67. The molecule has 0 saturated carbocycles. The highest BCUT2D eigenvalue weighted by atomic mass is 35.5. The molecule has 1 aromatic heterocycles. The minimum Gasteiger partial charge on any atom is -0.357 e. The SMILES string of the molecule is Cc1nc(C2CCCN(C(=O)CCCCCN)C2)cc(N2CCCC2)n1.Cl.Cl. The van der Waals surface area contributed by atoms with Gasteiger partial charge in [-0.3, -0.25) is 4.79 Å². The summed E-state index contributed by atoms with van der Waals surface area (Å²) in [6.45, 7) is 6.56. The molecule has 2 N–H and O–H groups in total. The largest absolute Gasteiger partial charge is 0.357 e. The van der Waals surface area contributed by atoms with E-state index in [2.05, 4.69) is 16.0 Å². The van der Waals surface area contributed by atoms with E-state index in [1.807, 2.05) is 11.8 Å². The lowest BCUT2D eigenvalue weighted by molar-refractivity contribution is -0.132. The van der Waals surface area contributed by atoms with E-state index in [-0.39, 0.29) is 30.7 Å². The molecule has 28 heavy (non-hydrogen) atoms. The number of piperidine rings is 1. The maximum absolute atomic E-state index is 12.5. The summed E-state index contributed by atoms with van der Waals surface area (Å²) in [6.07, 6.45) is 8.30. The average Bonchev–Trinajstić information content (AvgIpc) is 3.19. The maximum Gasteiger partial charge on any atom is 0.222 e. The van der Waals surface area contributed by atoms with Crippen molar-refractivity contribution in [3.63, 3.8) is 0 Å². The molecule has 2 fully saturated rings. The zero-order valence-electron chi connectivity index (χ0n) is 16.9. The third-order valence-corrected chi connectivity index (χ3v) is 5.56. The number of nitrogens with zero attached hydrogens (tertiary/aromatic N) is 4. The van der Waals surface area contributed by atoms with Gasteiger partial charge in [0.2, 0.25) is 5.91 Å². The van der Waals surface area contributed by atoms with Crippen molar-refractivity contribution in [3.05, 3.63) is 17.6 Å². The number of carbonyl (C=O) groups is 1. The molecular formula is C20H35Cl2N5O. The van der Waals surface area contributed by atoms with Crippen molar-refractivity contribution < 1.29 is 4.79 Å². The van der Waals surface area contributed by atoms with Gasteiger partial charge in [-0.2, -0.15) is 0 Å². The quantitative estimate of drug-likeness (QED) is 0.668. The van der Waals surface area contributed by atoms with Crippen molar-refractivity contribution in [1.82, 2.24) is 14.9 Å². The van der Waals surface area contributed by atoms with E-state index >= 15 is 0 Å². The fraction of sp³-hybridized carbons (Fsp3) is 0.750. The van der Waals surface area contributed by atoms with Gasteiger partial charge in [-0.1, -0.05) is 6.42 Å². The van der Waals surface area contributed by atoms with Crippen LogP contribution in [0.15, 0.2) is 6.07 Å². The van der Waals surface area contributed by atoms with Gasteiger partial charge in [0.05, 0.1) is 5.69 Å². The van der Waals surface area contributed by atoms with Gasteiger partial charge in [0.25, 0.3) is 0 Å². The lowest BCUT2D eigenvalue weighted by Crippen LogP contribution is -2.39. The first-order valence-corrected chi connectivity index (χ1v) is 10.3. The number of carbonyl (C=O) groups excluding carboxylic acids is 1. The van der Waals surface area contributed by atoms with Crippen LogP contribution in [0, 0.1) is 6.92 Å². The fourth-order valence-electron chi connectivity index (χ4n) is 4.09. The number of rotatable bonds is 7. The zero-order valence-corrected chi connectivity index (χ0v) is 18.6. The molecule has 3 rings (SSSR count). The Bertz CT molecular complexity index is 610. The van der Waals surface area contributed by atoms with Crippen molar-refractivity contribution in [3.8, 4) is 0 Å². The molecule has 1 atom stereocenters. The molecule has 2 aliphatic rings. The molecule has 2 aliphatic heterocycles. The molecule has 1 aromatic rings. The number of hydrogen-bond acceptors (Lipinski definition) is 5. The lowest BCUT2D eigenvalue weighted by Gasteiger charge is -2.33. The predicted molar refractivity (Wildman–Crippen MR) is 119 cm³/mol. The molecule has 1 unspecified atom stereocenters. The van der Waals surface area contributed by atoms with Crippen LogP contribution in [0.2, 0.25) is 0 Å². The van der Waals surface area contributed by atoms with Crippen molar-refractivity contribution in [2.75, 3.05) is 37.6 Å². The summed E-state index contributed by atoms with van der Waals surface area (Å²) in [5.74, 6) is 2.53. The first-order chi connectivity index (χ1) is 12.7. The molecule has 1 amide bonds. The van der Waals surface area contributed by atoms with Gasteiger partial charge < -0.3 is 15.5 Å². The Labute approximate surface area is 181 Å². The Morgan fingerprint density at radius 2 is 1.86 bits per heavy atom. The van der Waals surface area contributed by atoms with Gasteiger partial charge in [0, 0.05) is 44.6 Å². The number of halogens is 2. The Kier molecular flexibility index (Phi) is 11.1. The number of amides is 1. The maximum atomic E-state index is 12.5. The minimum absolute atomic E-state index is 0. The van der Waals surface area contributed by atoms with Crippen LogP contribution in [-0.2, 0) is 4.79 Å². The number of hydrogen-bond donors (Lipinski definition) is 1. The second-order valence-electron chi connectivity index (χ2n) is 7.67. The molecule has 0 spiro atoms. The van der Waals surface area contributed by atoms with E-state index in [9.17, 15) is 4.79 Å². The second kappa shape index (κ2) is 12.5. The molecule has 6 nitrogen and oxygen atoms in total. The summed E-state index contributed by atoms with van der Waals surface area (Å²) in [4.78, 5) is 26.3. The van der Waals surface area contributed by atoms with Crippen molar-refractivity contribution in [1.29, 1.82) is 0 Å². The smallest absolute Gasteiger partial charge is 0.222 e. The summed E-state index contributed by atoms with van der Waals surface area (Å²) >= 11 is 0. The Balaban J connectivity index is 0.00000196. The van der Waals surface area contributed by atoms with Crippen LogP contribution in [0.25, 0.3) is 0 Å². The van der Waals surface area contributed by atoms with E-state index in [1.54, 1.807) is 0 Å². The van der Waals surface area contributed by atoms with Gasteiger partial charge in [0.15, 0.2) is 0 Å². The summed E-state index contributed by atoms with van der Waals surface area (Å²) in [7, 11) is 0. The van der Waals surface area contributed by atoms with Crippen LogP contribution >= 0.6 is 24.8 Å². The average molecular weight is 432 g/mol. The van der Waals surface area contributed by atoms with E-state index in [0.29, 0.717) is 18.9 Å². The van der Waals surface area contributed by atoms with Crippen LogP contribution in [0.5, 0.6) is 0 Å². The van der Waals surface area contributed by atoms with Gasteiger partial charge in [0.1, 0.15) is 11.6 Å². The van der Waals surface area contributed by atoms with Gasteiger partial charge in [-0.15, -0.1) is 24.8 Å². The number of anilines is 1. The number of aromatic nitrogens is 2. The highest BCUT2D eigenvalue weighted by Crippen LogP contribution is 2.29. The summed E-state index contributed by atoms with van der Waals surface area (Å²) < 4.78 is 0. The van der Waals surface area contributed by atoms with Gasteiger partial charge in [-0.25, -0.2) is 9.97 Å². The highest BCUT2D eigenvalue weighted by molar-refractivity contribution is 5.85. The van der Waals surface area contributed by atoms with Crippen molar-refractivity contribution >= 4 is 36.5 Å². The molecule has 0 aromatic carbocycles. The standard InChI is InChI=1S/C20H33N5O.2ClH/c1-16-22-18(14-19(23-16)24-11-5-6-12-24)17-8-7-13-25(15-17)20(26)9-3-2-4-10-21;;/h14,17H,2-13,15,21H2,1H3;2*1H. The fourth-order valence-corrected chi connectivity index (χ4v) is 4.09. The lowest BCUT2D eigenvalue weighted by atomic mass is 9.94. The molecule has 0 radical (unpaired) electrons. The van der Waals surface area contributed by atoms with Crippen LogP contribution < -0.4 is 10.6 Å². The number of aryl methyl sites for hydroxylation is 1. The monoisotopic (exact) mass is 431 g/mol. The van der Waals surface area contributed by atoms with E-state index in [4.69, 9.17) is 10.7 Å². The first-order valence-electron chi connectivity index (χ1n) is 10.3. The summed E-state index contributed by atoms with van der Waals surface area (Å²) in [5, 5.41) is 0. The first kappa shape index (κ1) is 24.9. The third-order valence-electron chi connectivity index (χ3n) is 5.56. The number of unbranched alkanes of at least 4 members (excludes halogenated alkanes) is 2. The van der Waals surface area contributed by atoms with E-state index in [0.717, 1.165) is 75.6 Å². The van der Waals surface area contributed by atoms with Crippen molar-refractivity contribution in [2.24, 2.45) is 5.73 Å². The van der Waals surface area contributed by atoms with Crippen LogP contribution in [0.1, 0.15) is 68.8 Å². The molecule has 2 saturated heterocycles. The van der Waals surface area contributed by atoms with Crippen molar-refractivity contribution in [2.45, 2.75) is 64.2 Å². The molecule has 8 heteroatoms. The van der Waals surface area contributed by atoms with Gasteiger partial charge in [-0.05, 0) is 52.0 Å². The zero-order chi connectivity index (χ0) is 18.4. The summed E-state index contributed by atoms with van der Waals surface area (Å²) in [6, 6.07) is 2.16. The Morgan fingerprint density at radius 1 is 1.11 bits per heavy atom. The Morgan fingerprint density at radius 3 is 2.57 bits per heavy atom. The third kappa shape index (κ3) is 6.75. The minimum atomic E-state index is 0. The molecular weight excluding hydrogens is 397 g/mol. The summed E-state index contributed by atoms with van der Waals surface area (Å²) in [5.41, 5.74) is 6.64. The highest BCUT2D eigenvalue weighted by Gasteiger charge is 2.26. The number of likely N-dealkylation sites (tertiary alicyclic amines) is 1. The number of nitrogens with two attached hydrogens (primary N) is 1. The molecule has 160 valence electrons. The van der Waals surface area contributed by atoms with Crippen LogP contribution in [-0.4, -0.2) is 53.5 Å². The molecule has 3 heterocycles. The predicted octanol–water partition coefficient (Wildman–Crippen LogP) is 3.45. The van der Waals surface area contributed by atoms with Crippen LogP contribution in [0.3, 0.4) is 0 Å². The van der Waals surface area contributed by atoms with E-state index < -0.39 is 0 Å². The molecule has 0 bridgehead atoms. The normalized spacial score (nSPS) is 19.1. The van der Waals surface area contributed by atoms with E-state index in [1.165, 1.54) is 12.8 Å². The Hall–Kier alpha value is -1.11.